The molecule has 7 rings (SSSR count). The molecule has 4 aromatic rings. The van der Waals surface area contributed by atoms with Crippen molar-refractivity contribution < 1.29 is 23.8 Å². The first-order valence-electron chi connectivity index (χ1n) is 16.7. The fraction of sp³-hybridized carbons (Fsp3) is 0.389. The first-order valence-corrected chi connectivity index (χ1v) is 17.5. The van der Waals surface area contributed by atoms with Crippen molar-refractivity contribution in [2.45, 2.75) is 38.3 Å². The molecule has 0 bridgehead atoms. The van der Waals surface area contributed by atoms with Crippen LogP contribution in [0.25, 0.3) is 0 Å². The fourth-order valence-corrected chi connectivity index (χ4v) is 7.22. The van der Waals surface area contributed by atoms with Gasteiger partial charge in [-0.25, -0.2) is 14.5 Å². The molecule has 4 heterocycles. The molecule has 0 spiro atoms. The zero-order valence-electron chi connectivity index (χ0n) is 28.0. The van der Waals surface area contributed by atoms with E-state index in [0.29, 0.717) is 41.9 Å². The summed E-state index contributed by atoms with van der Waals surface area (Å²) in [7, 11) is 0. The lowest BCUT2D eigenvalue weighted by Crippen LogP contribution is -2.46. The third-order valence-electron chi connectivity index (χ3n) is 9.58. The predicted molar refractivity (Wildman–Crippen MR) is 191 cm³/mol. The highest BCUT2D eigenvalue weighted by Gasteiger charge is 2.45. The van der Waals surface area contributed by atoms with Crippen LogP contribution in [-0.2, 0) is 26.6 Å². The van der Waals surface area contributed by atoms with Crippen molar-refractivity contribution in [3.63, 3.8) is 0 Å². The van der Waals surface area contributed by atoms with Gasteiger partial charge in [0.05, 0.1) is 17.7 Å². The van der Waals surface area contributed by atoms with E-state index in [1.807, 2.05) is 30.3 Å². The summed E-state index contributed by atoms with van der Waals surface area (Å²) < 4.78 is 20.5. The van der Waals surface area contributed by atoms with Gasteiger partial charge in [0.2, 0.25) is 5.79 Å². The van der Waals surface area contributed by atoms with E-state index in [4.69, 9.17) is 37.4 Å². The molecule has 0 saturated carbocycles. The van der Waals surface area contributed by atoms with E-state index < -0.39 is 11.8 Å². The average molecular weight is 721 g/mol. The lowest BCUT2D eigenvalue weighted by Gasteiger charge is -2.37. The predicted octanol–water partition coefficient (Wildman–Crippen LogP) is 5.48. The smallest absolute Gasteiger partial charge is 0.325 e. The lowest BCUT2D eigenvalue weighted by molar-refractivity contribution is -0.190. The van der Waals surface area contributed by atoms with E-state index in [0.717, 1.165) is 49.0 Å². The van der Waals surface area contributed by atoms with Crippen LogP contribution in [0.3, 0.4) is 0 Å². The second kappa shape index (κ2) is 14.5. The fourth-order valence-electron chi connectivity index (χ4n) is 6.66. The molecule has 3 saturated heterocycles. The number of ketones is 1. The highest BCUT2D eigenvalue weighted by molar-refractivity contribution is 6.35. The summed E-state index contributed by atoms with van der Waals surface area (Å²) in [6, 6.07) is 21.0. The van der Waals surface area contributed by atoms with E-state index in [1.54, 1.807) is 39.9 Å². The van der Waals surface area contributed by atoms with Gasteiger partial charge in [-0.15, -0.1) is 0 Å². The number of benzene rings is 3. The molecule has 2 amide bonds. The van der Waals surface area contributed by atoms with Crippen molar-refractivity contribution in [1.29, 1.82) is 0 Å². The van der Waals surface area contributed by atoms with Gasteiger partial charge in [-0.1, -0.05) is 29.3 Å². The Morgan fingerprint density at radius 1 is 0.940 bits per heavy atom. The molecule has 3 unspecified atom stereocenters. The van der Waals surface area contributed by atoms with Crippen molar-refractivity contribution in [2.75, 3.05) is 67.2 Å². The van der Waals surface area contributed by atoms with E-state index in [-0.39, 0.29) is 24.5 Å². The summed E-state index contributed by atoms with van der Waals surface area (Å²) in [5.41, 5.74) is 3.77. The molecule has 3 aliphatic rings. The Kier molecular flexibility index (Phi) is 9.87. The van der Waals surface area contributed by atoms with Crippen LogP contribution >= 0.6 is 23.2 Å². The molecule has 262 valence electrons. The molecular weight excluding hydrogens is 681 g/mol. The summed E-state index contributed by atoms with van der Waals surface area (Å²) >= 11 is 12.7. The number of ether oxygens (including phenoxy) is 3. The minimum absolute atomic E-state index is 0.00552. The molecule has 50 heavy (non-hydrogen) atoms. The number of anilines is 3. The summed E-state index contributed by atoms with van der Waals surface area (Å²) in [4.78, 5) is 36.9. The lowest BCUT2D eigenvalue weighted by atomic mass is 10.1. The number of piperazine rings is 1. The Morgan fingerprint density at radius 3 is 2.22 bits per heavy atom. The van der Waals surface area contributed by atoms with Gasteiger partial charge in [0.1, 0.15) is 37.7 Å². The van der Waals surface area contributed by atoms with Crippen molar-refractivity contribution >= 4 is 52.1 Å². The molecule has 12 nitrogen and oxygen atoms in total. The topological polar surface area (TPSA) is 106 Å². The quantitative estimate of drug-likeness (QED) is 0.199. The van der Waals surface area contributed by atoms with Crippen LogP contribution in [0.1, 0.15) is 19.4 Å². The van der Waals surface area contributed by atoms with Crippen molar-refractivity contribution in [1.82, 2.24) is 19.7 Å². The van der Waals surface area contributed by atoms with Crippen LogP contribution in [0.4, 0.5) is 21.9 Å². The van der Waals surface area contributed by atoms with E-state index in [9.17, 15) is 9.59 Å². The molecular formula is C36H39Cl2N7O5. The molecule has 0 N–H and O–H groups in total. The molecule has 3 aliphatic heterocycles. The number of rotatable bonds is 11. The SMILES string of the molecule is CC(=O)C(C)N1CCN(c2ccc(N3CCN(c4ccc(OCC5COC(Cn6cncn6)(c6ccc(Cl)cc6Cl)O5)cc4)CC3)cc2)C1=O. The molecule has 14 heteroatoms. The Labute approximate surface area is 301 Å². The molecule has 3 aromatic carbocycles. The average Bonchev–Trinajstić information content (AvgIpc) is 3.88. The van der Waals surface area contributed by atoms with Gasteiger partial charge in [0.15, 0.2) is 5.78 Å². The normalized spacial score (nSPS) is 21.6. The number of urea groups is 1. The van der Waals surface area contributed by atoms with Crippen molar-refractivity contribution in [3.05, 3.63) is 95.0 Å². The van der Waals surface area contributed by atoms with Gasteiger partial charge < -0.3 is 28.9 Å². The Balaban J connectivity index is 0.908. The maximum atomic E-state index is 12.9. The number of hydrogen-bond acceptors (Lipinski definition) is 9. The maximum Gasteiger partial charge on any atom is 0.325 e. The van der Waals surface area contributed by atoms with E-state index >= 15 is 0 Å². The van der Waals surface area contributed by atoms with Gasteiger partial charge in [-0.3, -0.25) is 9.69 Å². The zero-order valence-corrected chi connectivity index (χ0v) is 29.5. The van der Waals surface area contributed by atoms with Gasteiger partial charge in [-0.05, 0) is 74.5 Å². The summed E-state index contributed by atoms with van der Waals surface area (Å²) in [5.74, 6) is -0.430. The summed E-state index contributed by atoms with van der Waals surface area (Å²) in [5, 5.41) is 5.20. The number of carbonyl (C=O) groups excluding carboxylic acids is 2. The number of hydrogen-bond donors (Lipinski definition) is 0. The van der Waals surface area contributed by atoms with Gasteiger partial charge in [-0.2, -0.15) is 5.10 Å². The van der Waals surface area contributed by atoms with Crippen molar-refractivity contribution in [3.8, 4) is 5.75 Å². The molecule has 3 fully saturated rings. The molecule has 3 atom stereocenters. The molecule has 1 aromatic heterocycles. The van der Waals surface area contributed by atoms with Crippen LogP contribution in [0.15, 0.2) is 79.4 Å². The Morgan fingerprint density at radius 2 is 1.60 bits per heavy atom. The van der Waals surface area contributed by atoms with Crippen LogP contribution in [0.2, 0.25) is 10.0 Å². The van der Waals surface area contributed by atoms with Gasteiger partial charge in [0.25, 0.3) is 0 Å². The highest BCUT2D eigenvalue weighted by Crippen LogP contribution is 2.40. The number of carbonyl (C=O) groups is 2. The Hall–Kier alpha value is -4.36. The first-order chi connectivity index (χ1) is 24.2. The standard InChI is InChI=1S/C36H39Cl2N7O5/c1-25(26(2)46)44-17-18-45(35(44)47)30-6-4-28(5-7-30)41-13-15-42(16-14-41)29-8-10-31(11-9-29)48-20-32-21-49-36(50-32,22-43-24-39-23-40-43)33-12-3-27(37)19-34(33)38/h3-12,19,23-25,32H,13-18,20-22H2,1-2H3. The summed E-state index contributed by atoms with van der Waals surface area (Å²) in [6.07, 6.45) is 2.73. The monoisotopic (exact) mass is 719 g/mol. The first kappa shape index (κ1) is 34.1. The van der Waals surface area contributed by atoms with E-state index in [2.05, 4.69) is 44.1 Å². The highest BCUT2D eigenvalue weighted by atomic mass is 35.5. The maximum absolute atomic E-state index is 12.9. The molecule has 0 radical (unpaired) electrons. The Bertz CT molecular complexity index is 1800. The van der Waals surface area contributed by atoms with Crippen LogP contribution in [-0.4, -0.2) is 96.1 Å². The number of amides is 2. The van der Waals surface area contributed by atoms with E-state index in [1.165, 1.54) is 13.3 Å². The van der Waals surface area contributed by atoms with Crippen LogP contribution < -0.4 is 19.4 Å². The largest absolute Gasteiger partial charge is 0.491 e. The number of aromatic nitrogens is 3. The number of Topliss-reactive ketones (excluding diaryl/α,β-unsaturated/α-hetero) is 1. The third kappa shape index (κ3) is 7.11. The van der Waals surface area contributed by atoms with Gasteiger partial charge in [0, 0.05) is 66.9 Å². The third-order valence-corrected chi connectivity index (χ3v) is 10.1. The minimum Gasteiger partial charge on any atom is -0.491 e. The number of nitrogens with zero attached hydrogens (tertiary/aromatic N) is 7. The zero-order chi connectivity index (χ0) is 34.8. The van der Waals surface area contributed by atoms with Crippen LogP contribution in [0, 0.1) is 0 Å². The number of halogens is 2. The van der Waals surface area contributed by atoms with Gasteiger partial charge >= 0.3 is 6.03 Å². The molecule has 0 aliphatic carbocycles. The minimum atomic E-state index is -1.16. The summed E-state index contributed by atoms with van der Waals surface area (Å²) in [6.45, 7) is 8.80. The second-order valence-electron chi connectivity index (χ2n) is 12.7. The second-order valence-corrected chi connectivity index (χ2v) is 13.6. The van der Waals surface area contributed by atoms with Crippen LogP contribution in [0.5, 0.6) is 5.75 Å². The van der Waals surface area contributed by atoms with Crippen molar-refractivity contribution in [2.24, 2.45) is 0 Å².